The van der Waals surface area contributed by atoms with Crippen LogP contribution in [0.5, 0.6) is 5.75 Å². The molecule has 0 bridgehead atoms. The van der Waals surface area contributed by atoms with E-state index in [1.54, 1.807) is 24.3 Å². The Morgan fingerprint density at radius 1 is 1.40 bits per heavy atom. The van der Waals surface area contributed by atoms with E-state index in [0.717, 1.165) is 13.1 Å². The Morgan fingerprint density at radius 2 is 2.10 bits per heavy atom. The number of rotatable bonds is 4. The molecular weight excluding hydrogens is 258 g/mol. The highest BCUT2D eigenvalue weighted by Gasteiger charge is 2.23. The fraction of sp³-hybridized carbons (Fsp3) is 0.429. The molecule has 1 aromatic rings. The zero-order valence-corrected chi connectivity index (χ0v) is 11.5. The van der Waals surface area contributed by atoms with Crippen molar-refractivity contribution in [2.24, 2.45) is 5.73 Å². The molecule has 6 heteroatoms. The van der Waals surface area contributed by atoms with Crippen molar-refractivity contribution in [1.82, 2.24) is 10.2 Å². The minimum Gasteiger partial charge on any atom is -0.484 e. The molecule has 0 aliphatic carbocycles. The van der Waals surface area contributed by atoms with Crippen molar-refractivity contribution in [3.05, 3.63) is 29.8 Å². The van der Waals surface area contributed by atoms with Crippen molar-refractivity contribution in [2.45, 2.75) is 13.0 Å². The van der Waals surface area contributed by atoms with Gasteiger partial charge in [-0.25, -0.2) is 0 Å². The Morgan fingerprint density at radius 3 is 2.70 bits per heavy atom. The molecule has 1 aliphatic rings. The van der Waals surface area contributed by atoms with Crippen molar-refractivity contribution in [3.8, 4) is 5.75 Å². The minimum atomic E-state index is -0.528. The minimum absolute atomic E-state index is 0.0143. The predicted molar refractivity (Wildman–Crippen MR) is 74.5 cm³/mol. The lowest BCUT2D eigenvalue weighted by Crippen LogP contribution is -2.52. The van der Waals surface area contributed by atoms with Crippen LogP contribution >= 0.6 is 0 Å². The van der Waals surface area contributed by atoms with Gasteiger partial charge in [0.05, 0.1) is 0 Å². The molecule has 0 spiro atoms. The largest absolute Gasteiger partial charge is 0.484 e. The summed E-state index contributed by atoms with van der Waals surface area (Å²) in [5.41, 5.74) is 5.62. The fourth-order valence-electron chi connectivity index (χ4n) is 2.16. The van der Waals surface area contributed by atoms with Gasteiger partial charge in [-0.1, -0.05) is 0 Å². The quantitative estimate of drug-likeness (QED) is 0.810. The lowest BCUT2D eigenvalue weighted by atomic mass is 10.1. The van der Waals surface area contributed by atoms with Gasteiger partial charge in [-0.2, -0.15) is 0 Å². The third kappa shape index (κ3) is 3.48. The van der Waals surface area contributed by atoms with Gasteiger partial charge >= 0.3 is 0 Å². The van der Waals surface area contributed by atoms with Crippen molar-refractivity contribution in [1.29, 1.82) is 0 Å². The van der Waals surface area contributed by atoms with Crippen LogP contribution in [0.3, 0.4) is 0 Å². The number of carbonyl (C=O) groups is 2. The highest BCUT2D eigenvalue weighted by molar-refractivity contribution is 5.94. The van der Waals surface area contributed by atoms with Gasteiger partial charge in [-0.15, -0.1) is 0 Å². The molecule has 1 atom stereocenters. The third-order valence-corrected chi connectivity index (χ3v) is 3.24. The maximum Gasteiger partial charge on any atom is 0.255 e. The summed E-state index contributed by atoms with van der Waals surface area (Å²) >= 11 is 0. The summed E-state index contributed by atoms with van der Waals surface area (Å²) in [6, 6.07) is 6.93. The zero-order chi connectivity index (χ0) is 14.5. The third-order valence-electron chi connectivity index (χ3n) is 3.24. The summed E-state index contributed by atoms with van der Waals surface area (Å²) < 4.78 is 5.16. The van der Waals surface area contributed by atoms with Crippen LogP contribution in [0.25, 0.3) is 0 Å². The second kappa shape index (κ2) is 6.38. The van der Waals surface area contributed by atoms with Gasteiger partial charge in [0.2, 0.25) is 0 Å². The van der Waals surface area contributed by atoms with E-state index in [0.29, 0.717) is 17.9 Å². The maximum absolute atomic E-state index is 12.4. The molecule has 0 radical (unpaired) electrons. The van der Waals surface area contributed by atoms with Crippen LogP contribution in [0.4, 0.5) is 0 Å². The maximum atomic E-state index is 12.4. The molecule has 20 heavy (non-hydrogen) atoms. The number of ether oxygens (including phenoxy) is 1. The average molecular weight is 277 g/mol. The van der Waals surface area contributed by atoms with Crippen LogP contribution < -0.4 is 15.8 Å². The van der Waals surface area contributed by atoms with Crippen LogP contribution in [0.1, 0.15) is 17.3 Å². The predicted octanol–water partition coefficient (Wildman–Crippen LogP) is -0.0154. The lowest BCUT2D eigenvalue weighted by Gasteiger charge is -2.34. The number of piperazine rings is 1. The summed E-state index contributed by atoms with van der Waals surface area (Å²) in [5, 5.41) is 3.25. The number of amides is 2. The first-order valence-electron chi connectivity index (χ1n) is 6.61. The Bertz CT molecular complexity index is 487. The van der Waals surface area contributed by atoms with Crippen LogP contribution in [-0.2, 0) is 4.79 Å². The Hall–Kier alpha value is -2.08. The second-order valence-corrected chi connectivity index (χ2v) is 4.83. The summed E-state index contributed by atoms with van der Waals surface area (Å²) in [6.07, 6.45) is 0. The monoisotopic (exact) mass is 277 g/mol. The molecule has 1 aliphatic heterocycles. The van der Waals surface area contributed by atoms with Gasteiger partial charge in [-0.3, -0.25) is 9.59 Å². The van der Waals surface area contributed by atoms with Gasteiger partial charge in [0, 0.05) is 31.2 Å². The van der Waals surface area contributed by atoms with Crippen LogP contribution in [-0.4, -0.2) is 49.0 Å². The van der Waals surface area contributed by atoms with E-state index in [1.165, 1.54) is 0 Å². The molecule has 3 N–H and O–H groups in total. The fourth-order valence-corrected chi connectivity index (χ4v) is 2.16. The molecule has 108 valence electrons. The number of primary amides is 1. The molecule has 0 aromatic heterocycles. The number of benzene rings is 1. The molecule has 0 saturated carbocycles. The van der Waals surface area contributed by atoms with E-state index in [-0.39, 0.29) is 18.6 Å². The van der Waals surface area contributed by atoms with Gasteiger partial charge in [-0.05, 0) is 31.2 Å². The average Bonchev–Trinajstić information content (AvgIpc) is 2.45. The highest BCUT2D eigenvalue weighted by Crippen LogP contribution is 2.15. The number of carbonyl (C=O) groups excluding carboxylic acids is 2. The number of hydrogen-bond acceptors (Lipinski definition) is 4. The molecule has 1 fully saturated rings. The van der Waals surface area contributed by atoms with E-state index in [4.69, 9.17) is 10.5 Å². The Balaban J connectivity index is 2.01. The second-order valence-electron chi connectivity index (χ2n) is 4.83. The molecule has 2 amide bonds. The molecule has 1 saturated heterocycles. The van der Waals surface area contributed by atoms with Gasteiger partial charge < -0.3 is 20.7 Å². The first-order chi connectivity index (χ1) is 9.58. The summed E-state index contributed by atoms with van der Waals surface area (Å²) in [5.74, 6) is 0.00829. The van der Waals surface area contributed by atoms with E-state index in [2.05, 4.69) is 5.32 Å². The SMILES string of the molecule is C[C@H]1CNCCN1C(=O)c1ccc(OCC(N)=O)cc1. The van der Waals surface area contributed by atoms with E-state index in [1.807, 2.05) is 11.8 Å². The van der Waals surface area contributed by atoms with Crippen molar-refractivity contribution >= 4 is 11.8 Å². The number of nitrogens with two attached hydrogens (primary N) is 1. The molecule has 1 aromatic carbocycles. The van der Waals surface area contributed by atoms with Gasteiger partial charge in [0.1, 0.15) is 5.75 Å². The lowest BCUT2D eigenvalue weighted by molar-refractivity contribution is -0.119. The molecular formula is C14H19N3O3. The number of hydrogen-bond donors (Lipinski definition) is 2. The molecule has 1 heterocycles. The molecule has 2 rings (SSSR count). The molecule has 6 nitrogen and oxygen atoms in total. The highest BCUT2D eigenvalue weighted by atomic mass is 16.5. The normalized spacial score (nSPS) is 18.6. The van der Waals surface area contributed by atoms with Crippen LogP contribution in [0.2, 0.25) is 0 Å². The molecule has 0 unspecified atom stereocenters. The standard InChI is InChI=1S/C14H19N3O3/c1-10-8-16-6-7-17(10)14(19)11-2-4-12(5-3-11)20-9-13(15)18/h2-5,10,16H,6-9H2,1H3,(H2,15,18)/t10-/m0/s1. The van der Waals surface area contributed by atoms with Gasteiger partial charge in [0.25, 0.3) is 11.8 Å². The van der Waals surface area contributed by atoms with Crippen molar-refractivity contribution < 1.29 is 14.3 Å². The first kappa shape index (κ1) is 14.3. The number of nitrogens with one attached hydrogen (secondary N) is 1. The Kier molecular flexibility index (Phi) is 4.57. The summed E-state index contributed by atoms with van der Waals surface area (Å²) in [4.78, 5) is 24.8. The zero-order valence-electron chi connectivity index (χ0n) is 11.5. The van der Waals surface area contributed by atoms with E-state index < -0.39 is 5.91 Å². The Labute approximate surface area is 117 Å². The van der Waals surface area contributed by atoms with Crippen molar-refractivity contribution in [3.63, 3.8) is 0 Å². The number of nitrogens with zero attached hydrogens (tertiary/aromatic N) is 1. The summed E-state index contributed by atoms with van der Waals surface area (Å²) in [6.45, 7) is 4.19. The smallest absolute Gasteiger partial charge is 0.255 e. The van der Waals surface area contributed by atoms with E-state index >= 15 is 0 Å². The van der Waals surface area contributed by atoms with Gasteiger partial charge in [0.15, 0.2) is 6.61 Å². The summed E-state index contributed by atoms with van der Waals surface area (Å²) in [7, 11) is 0. The first-order valence-corrected chi connectivity index (χ1v) is 6.61. The van der Waals surface area contributed by atoms with Crippen molar-refractivity contribution in [2.75, 3.05) is 26.2 Å². The topological polar surface area (TPSA) is 84.7 Å². The van der Waals surface area contributed by atoms with Crippen LogP contribution in [0, 0.1) is 0 Å². The van der Waals surface area contributed by atoms with Crippen LogP contribution in [0.15, 0.2) is 24.3 Å². The van der Waals surface area contributed by atoms with E-state index in [9.17, 15) is 9.59 Å².